The summed E-state index contributed by atoms with van der Waals surface area (Å²) in [6.07, 6.45) is -0.320. The summed E-state index contributed by atoms with van der Waals surface area (Å²) in [4.78, 5) is 0. The second-order valence-corrected chi connectivity index (χ2v) is 3.76. The second kappa shape index (κ2) is 4.40. The third-order valence-electron chi connectivity index (χ3n) is 2.56. The molecule has 74 valence electrons. The van der Waals surface area contributed by atoms with Gasteiger partial charge in [0.2, 0.25) is 0 Å². The van der Waals surface area contributed by atoms with Gasteiger partial charge in [0, 0.05) is 5.41 Å². The fourth-order valence-electron chi connectivity index (χ4n) is 1.11. The highest BCUT2D eigenvalue weighted by molar-refractivity contribution is 5.24. The van der Waals surface area contributed by atoms with Crippen LogP contribution in [0.25, 0.3) is 0 Å². The van der Waals surface area contributed by atoms with Crippen molar-refractivity contribution in [2.75, 3.05) is 0 Å². The van der Waals surface area contributed by atoms with Gasteiger partial charge in [-0.25, -0.2) is 0 Å². The van der Waals surface area contributed by atoms with Crippen LogP contribution in [0.5, 0.6) is 0 Å². The Hall–Kier alpha value is -0.860. The molecule has 0 radical (unpaired) electrons. The van der Waals surface area contributed by atoms with Gasteiger partial charge >= 0.3 is 0 Å². The Labute approximate surface area is 80.2 Å². The zero-order valence-corrected chi connectivity index (χ0v) is 8.62. The lowest BCUT2D eigenvalue weighted by Gasteiger charge is -2.28. The molecule has 0 saturated carbocycles. The minimum absolute atomic E-state index is 0. The Morgan fingerprint density at radius 3 is 2.00 bits per heavy atom. The molecule has 13 heavy (non-hydrogen) atoms. The van der Waals surface area contributed by atoms with E-state index in [1.807, 2.05) is 51.1 Å². The summed E-state index contributed by atoms with van der Waals surface area (Å²) in [7, 11) is 0. The van der Waals surface area contributed by atoms with Crippen molar-refractivity contribution in [1.29, 1.82) is 0 Å². The van der Waals surface area contributed by atoms with Crippen LogP contribution < -0.4 is 6.15 Å². The van der Waals surface area contributed by atoms with Crippen LogP contribution in [0.15, 0.2) is 30.3 Å². The normalized spacial score (nSPS) is 13.2. The van der Waals surface area contributed by atoms with Crippen molar-refractivity contribution in [2.45, 2.75) is 32.3 Å². The van der Waals surface area contributed by atoms with Gasteiger partial charge in [-0.2, -0.15) is 0 Å². The van der Waals surface area contributed by atoms with Crippen molar-refractivity contribution in [1.82, 2.24) is 6.15 Å². The summed E-state index contributed by atoms with van der Waals surface area (Å²) in [6, 6.07) is 10.1. The van der Waals surface area contributed by atoms with Gasteiger partial charge < -0.3 is 11.3 Å². The third-order valence-corrected chi connectivity index (χ3v) is 2.56. The zero-order valence-electron chi connectivity index (χ0n) is 8.62. The summed E-state index contributed by atoms with van der Waals surface area (Å²) in [5, 5.41) is 9.53. The first-order valence-electron chi connectivity index (χ1n) is 4.28. The van der Waals surface area contributed by atoms with Gasteiger partial charge in [0.1, 0.15) is 0 Å². The minimum Gasteiger partial charge on any atom is -0.393 e. The Balaban J connectivity index is 0.00000144. The monoisotopic (exact) mass is 181 g/mol. The van der Waals surface area contributed by atoms with Crippen LogP contribution in [0.3, 0.4) is 0 Å². The quantitative estimate of drug-likeness (QED) is 0.736. The van der Waals surface area contributed by atoms with Gasteiger partial charge in [-0.1, -0.05) is 44.2 Å². The predicted octanol–water partition coefficient (Wildman–Crippen LogP) is 2.51. The van der Waals surface area contributed by atoms with E-state index in [0.717, 1.165) is 0 Å². The molecule has 1 atom stereocenters. The van der Waals surface area contributed by atoms with Crippen LogP contribution in [0.4, 0.5) is 0 Å². The lowest BCUT2D eigenvalue weighted by Crippen LogP contribution is -2.30. The fourth-order valence-corrected chi connectivity index (χ4v) is 1.11. The highest BCUT2D eigenvalue weighted by atomic mass is 16.3. The van der Waals surface area contributed by atoms with Gasteiger partial charge in [0.15, 0.2) is 0 Å². The summed E-state index contributed by atoms with van der Waals surface area (Å²) in [5.41, 5.74) is 1.03. The van der Waals surface area contributed by atoms with Crippen molar-refractivity contribution in [3.8, 4) is 0 Å². The lowest BCUT2D eigenvalue weighted by molar-refractivity contribution is 0.118. The molecule has 0 amide bonds. The number of rotatable bonds is 2. The van der Waals surface area contributed by atoms with E-state index in [9.17, 15) is 5.11 Å². The van der Waals surface area contributed by atoms with Gasteiger partial charge in [-0.15, -0.1) is 0 Å². The van der Waals surface area contributed by atoms with E-state index < -0.39 is 0 Å². The summed E-state index contributed by atoms with van der Waals surface area (Å²) in [6.45, 7) is 5.92. The Kier molecular flexibility index (Phi) is 4.11. The molecule has 1 aromatic rings. The Morgan fingerprint density at radius 2 is 1.62 bits per heavy atom. The second-order valence-electron chi connectivity index (χ2n) is 3.76. The first-order valence-corrected chi connectivity index (χ1v) is 4.28. The molecular weight excluding hydrogens is 162 g/mol. The highest BCUT2D eigenvalue weighted by Gasteiger charge is 2.25. The van der Waals surface area contributed by atoms with E-state index in [4.69, 9.17) is 0 Å². The Morgan fingerprint density at radius 1 is 1.15 bits per heavy atom. The number of aliphatic hydroxyl groups is 1. The topological polar surface area (TPSA) is 55.2 Å². The van der Waals surface area contributed by atoms with Crippen molar-refractivity contribution in [3.63, 3.8) is 0 Å². The van der Waals surface area contributed by atoms with E-state index in [1.165, 1.54) is 5.56 Å². The molecular formula is C11H19NO. The van der Waals surface area contributed by atoms with Crippen molar-refractivity contribution in [3.05, 3.63) is 35.9 Å². The maximum Gasteiger partial charge on any atom is 0.0603 e. The van der Waals surface area contributed by atoms with Gasteiger partial charge in [-0.3, -0.25) is 0 Å². The van der Waals surface area contributed by atoms with E-state index in [1.54, 1.807) is 0 Å². The van der Waals surface area contributed by atoms with Gasteiger partial charge in [-0.05, 0) is 12.5 Å². The number of hydrogen-bond acceptors (Lipinski definition) is 2. The van der Waals surface area contributed by atoms with Crippen molar-refractivity contribution >= 4 is 0 Å². The number of benzene rings is 1. The molecule has 1 aromatic carbocycles. The predicted molar refractivity (Wildman–Crippen MR) is 56.2 cm³/mol. The molecule has 0 heterocycles. The van der Waals surface area contributed by atoms with Crippen LogP contribution in [0, 0.1) is 0 Å². The smallest absolute Gasteiger partial charge is 0.0603 e. The molecule has 0 spiro atoms. The van der Waals surface area contributed by atoms with Crippen molar-refractivity contribution in [2.24, 2.45) is 0 Å². The molecule has 2 heteroatoms. The van der Waals surface area contributed by atoms with E-state index in [2.05, 4.69) is 0 Å². The molecule has 0 aliphatic carbocycles. The summed E-state index contributed by atoms with van der Waals surface area (Å²) >= 11 is 0. The largest absolute Gasteiger partial charge is 0.393 e. The lowest BCUT2D eigenvalue weighted by atomic mass is 9.80. The zero-order chi connectivity index (χ0) is 9.19. The maximum atomic E-state index is 9.53. The van der Waals surface area contributed by atoms with Crippen LogP contribution in [0.1, 0.15) is 26.3 Å². The molecule has 4 N–H and O–H groups in total. The van der Waals surface area contributed by atoms with Crippen LogP contribution in [0.2, 0.25) is 0 Å². The highest BCUT2D eigenvalue weighted by Crippen LogP contribution is 2.26. The van der Waals surface area contributed by atoms with Gasteiger partial charge in [0.05, 0.1) is 6.10 Å². The van der Waals surface area contributed by atoms with Crippen LogP contribution in [-0.2, 0) is 5.41 Å². The molecule has 0 fully saturated rings. The van der Waals surface area contributed by atoms with Crippen molar-refractivity contribution < 1.29 is 5.11 Å². The van der Waals surface area contributed by atoms with E-state index >= 15 is 0 Å². The van der Waals surface area contributed by atoms with E-state index in [-0.39, 0.29) is 17.7 Å². The molecule has 1 unspecified atom stereocenters. The molecule has 0 aliphatic heterocycles. The summed E-state index contributed by atoms with van der Waals surface area (Å²) in [5.74, 6) is 0. The van der Waals surface area contributed by atoms with Crippen LogP contribution in [-0.4, -0.2) is 11.2 Å². The maximum absolute atomic E-state index is 9.53. The first kappa shape index (κ1) is 12.1. The molecule has 2 nitrogen and oxygen atoms in total. The Bertz CT molecular complexity index is 242. The summed E-state index contributed by atoms with van der Waals surface area (Å²) < 4.78 is 0. The number of aliphatic hydroxyl groups excluding tert-OH is 1. The average Bonchev–Trinajstić information content (AvgIpc) is 2.06. The van der Waals surface area contributed by atoms with Crippen LogP contribution >= 0.6 is 0 Å². The van der Waals surface area contributed by atoms with E-state index in [0.29, 0.717) is 0 Å². The fraction of sp³-hybridized carbons (Fsp3) is 0.455. The molecule has 0 aliphatic rings. The SMILES string of the molecule is CC(O)C(C)(C)c1ccccc1.N. The molecule has 0 saturated heterocycles. The average molecular weight is 181 g/mol. The molecule has 0 aromatic heterocycles. The van der Waals surface area contributed by atoms with Gasteiger partial charge in [0.25, 0.3) is 0 Å². The standard InChI is InChI=1S/C11H16O.H3N/c1-9(12)11(2,3)10-7-5-4-6-8-10;/h4-9,12H,1-3H3;1H3. The molecule has 1 rings (SSSR count). The molecule has 0 bridgehead atoms. The number of hydrogen-bond donors (Lipinski definition) is 2. The minimum atomic E-state index is -0.320. The third kappa shape index (κ3) is 2.54. The first-order chi connectivity index (χ1) is 5.55.